The second-order valence-electron chi connectivity index (χ2n) is 2.04. The van der Waals surface area contributed by atoms with E-state index >= 15 is 0 Å². The van der Waals surface area contributed by atoms with Gasteiger partial charge < -0.3 is 0 Å². The smallest absolute Gasteiger partial charge is 0.0999 e. The molecule has 1 atom stereocenters. The lowest BCUT2D eigenvalue weighted by Gasteiger charge is -2.01. The van der Waals surface area contributed by atoms with Crippen LogP contribution in [0.4, 0.5) is 0 Å². The van der Waals surface area contributed by atoms with Crippen molar-refractivity contribution in [3.05, 3.63) is 6.04 Å². The van der Waals surface area contributed by atoms with Gasteiger partial charge in [-0.15, -0.1) is 0 Å². The Balaban J connectivity index is 2.86. The van der Waals surface area contributed by atoms with E-state index in [1.807, 2.05) is 0 Å². The molecular weight excluding hydrogens is 132 g/mol. The van der Waals surface area contributed by atoms with E-state index in [9.17, 15) is 0 Å². The number of thiol groups is 1. The highest BCUT2D eigenvalue weighted by Gasteiger charge is 1.98. The quantitative estimate of drug-likeness (QED) is 0.457. The van der Waals surface area contributed by atoms with Crippen molar-refractivity contribution in [1.82, 2.24) is 0 Å². The second kappa shape index (κ2) is 5.70. The normalized spacial score (nSPS) is 13.9. The summed E-state index contributed by atoms with van der Waals surface area (Å²) in [6, 6.07) is 3.65. The molecule has 0 bridgehead atoms. The van der Waals surface area contributed by atoms with Gasteiger partial charge in [-0.2, -0.15) is 0 Å². The van der Waals surface area contributed by atoms with Gasteiger partial charge in [-0.3, -0.25) is 0 Å². The van der Waals surface area contributed by atoms with E-state index in [1.54, 1.807) is 0 Å². The fourth-order valence-corrected chi connectivity index (χ4v) is 2.29. The average molecular weight is 147 g/mol. The molecule has 0 aliphatic carbocycles. The van der Waals surface area contributed by atoms with E-state index < -0.39 is 7.95 Å². The van der Waals surface area contributed by atoms with Crippen LogP contribution in [0.15, 0.2) is 0 Å². The molecule has 0 aliphatic heterocycles. The minimum absolute atomic E-state index is 0.630. The minimum atomic E-state index is -0.630. The molecule has 1 radical (unpaired) electrons. The van der Waals surface area contributed by atoms with Gasteiger partial charge in [0.15, 0.2) is 0 Å². The van der Waals surface area contributed by atoms with Gasteiger partial charge in [0.25, 0.3) is 0 Å². The zero-order chi connectivity index (χ0) is 6.41. The molecule has 0 amide bonds. The van der Waals surface area contributed by atoms with Gasteiger partial charge in [0, 0.05) is 0 Å². The Morgan fingerprint density at radius 2 is 2.25 bits per heavy atom. The minimum Gasteiger partial charge on any atom is -0.206 e. The summed E-state index contributed by atoms with van der Waals surface area (Å²) in [5.74, 6) is 0. The Labute approximate surface area is 59.3 Å². The molecule has 1 unspecified atom stereocenters. The van der Waals surface area contributed by atoms with E-state index in [0.717, 1.165) is 0 Å². The molecule has 0 saturated carbocycles. The van der Waals surface area contributed by atoms with Crippen molar-refractivity contribution < 1.29 is 0 Å². The molecule has 0 aromatic rings. The molecule has 0 spiro atoms. The standard InChI is InChI=1S/C6H15SSi/c1-3-5-6-8(7)4-2/h4,7-8H,3,5-6H2,1-2H3. The van der Waals surface area contributed by atoms with Crippen molar-refractivity contribution in [1.29, 1.82) is 0 Å². The number of hydrogen-bond donors (Lipinski definition) is 1. The van der Waals surface area contributed by atoms with Crippen molar-refractivity contribution >= 4 is 20.0 Å². The van der Waals surface area contributed by atoms with E-state index in [4.69, 9.17) is 0 Å². The van der Waals surface area contributed by atoms with Gasteiger partial charge in [-0.25, -0.2) is 12.1 Å². The first kappa shape index (κ1) is 8.57. The Morgan fingerprint density at radius 3 is 2.62 bits per heavy atom. The molecule has 8 heavy (non-hydrogen) atoms. The van der Waals surface area contributed by atoms with Crippen molar-refractivity contribution in [2.24, 2.45) is 0 Å². The van der Waals surface area contributed by atoms with Crippen LogP contribution >= 0.6 is 12.1 Å². The Hall–Kier alpha value is 0.567. The lowest BCUT2D eigenvalue weighted by Crippen LogP contribution is -2.01. The third kappa shape index (κ3) is 4.72. The van der Waals surface area contributed by atoms with Crippen LogP contribution in [0.2, 0.25) is 6.04 Å². The highest BCUT2D eigenvalue weighted by molar-refractivity contribution is 8.11. The maximum atomic E-state index is 4.45. The largest absolute Gasteiger partial charge is 0.206 e. The Bertz CT molecular complexity index is 47.8. The summed E-state index contributed by atoms with van der Waals surface area (Å²) in [5.41, 5.74) is 0. The van der Waals surface area contributed by atoms with Crippen LogP contribution in [0.5, 0.6) is 0 Å². The van der Waals surface area contributed by atoms with Gasteiger partial charge in [0.2, 0.25) is 0 Å². The van der Waals surface area contributed by atoms with Gasteiger partial charge in [-0.05, 0) is 6.04 Å². The molecule has 0 nitrogen and oxygen atoms in total. The predicted molar refractivity (Wildman–Crippen MR) is 45.8 cm³/mol. The third-order valence-corrected chi connectivity index (χ3v) is 4.68. The van der Waals surface area contributed by atoms with E-state index in [1.165, 1.54) is 18.9 Å². The van der Waals surface area contributed by atoms with Crippen LogP contribution < -0.4 is 0 Å². The molecular formula is C6H15SSi. The molecule has 0 fully saturated rings. The zero-order valence-electron chi connectivity index (χ0n) is 5.72. The fourth-order valence-electron chi connectivity index (χ4n) is 0.580. The summed E-state index contributed by atoms with van der Waals surface area (Å²) in [5, 5.41) is 0. The molecule has 0 aliphatic rings. The van der Waals surface area contributed by atoms with Crippen LogP contribution in [-0.2, 0) is 0 Å². The highest BCUT2D eigenvalue weighted by atomic mass is 32.3. The van der Waals surface area contributed by atoms with Crippen molar-refractivity contribution in [2.75, 3.05) is 0 Å². The van der Waals surface area contributed by atoms with E-state index in [2.05, 4.69) is 32.0 Å². The molecule has 2 heteroatoms. The van der Waals surface area contributed by atoms with Gasteiger partial charge in [-0.1, -0.05) is 32.7 Å². The average Bonchev–Trinajstić information content (AvgIpc) is 1.83. The first-order valence-electron chi connectivity index (χ1n) is 3.28. The van der Waals surface area contributed by atoms with Crippen molar-refractivity contribution in [3.63, 3.8) is 0 Å². The first-order valence-corrected chi connectivity index (χ1v) is 6.83. The van der Waals surface area contributed by atoms with Gasteiger partial charge >= 0.3 is 0 Å². The molecule has 0 heterocycles. The summed E-state index contributed by atoms with van der Waals surface area (Å²) in [6.07, 6.45) is 2.68. The maximum absolute atomic E-state index is 4.45. The molecule has 0 aromatic carbocycles. The van der Waals surface area contributed by atoms with Gasteiger partial charge in [0.05, 0.1) is 7.95 Å². The summed E-state index contributed by atoms with van der Waals surface area (Å²) in [7, 11) is -0.630. The van der Waals surface area contributed by atoms with Crippen LogP contribution in [0.25, 0.3) is 0 Å². The van der Waals surface area contributed by atoms with Crippen LogP contribution in [0, 0.1) is 6.04 Å². The SMILES string of the molecule is C[CH][SiH](S)CCCC. The lowest BCUT2D eigenvalue weighted by atomic mass is 10.4. The number of hydrogen-bond acceptors (Lipinski definition) is 1. The lowest BCUT2D eigenvalue weighted by molar-refractivity contribution is 0.878. The summed E-state index contributed by atoms with van der Waals surface area (Å²) in [6.45, 7) is 4.35. The van der Waals surface area contributed by atoms with Crippen molar-refractivity contribution in [3.8, 4) is 0 Å². The Morgan fingerprint density at radius 1 is 1.62 bits per heavy atom. The third-order valence-electron chi connectivity index (χ3n) is 1.24. The first-order chi connectivity index (χ1) is 3.81. The summed E-state index contributed by atoms with van der Waals surface area (Å²) >= 11 is 4.45. The highest BCUT2D eigenvalue weighted by Crippen LogP contribution is 2.05. The predicted octanol–water partition coefficient (Wildman–Crippen LogP) is 2.20. The van der Waals surface area contributed by atoms with Crippen LogP contribution in [-0.4, -0.2) is 7.95 Å². The van der Waals surface area contributed by atoms with Gasteiger partial charge in [0.1, 0.15) is 0 Å². The number of unbranched alkanes of at least 4 members (excludes halogenated alkanes) is 1. The van der Waals surface area contributed by atoms with Crippen LogP contribution in [0.3, 0.4) is 0 Å². The molecule has 0 N–H and O–H groups in total. The maximum Gasteiger partial charge on any atom is 0.0999 e. The summed E-state index contributed by atoms with van der Waals surface area (Å²) < 4.78 is 0. The Kier molecular flexibility index (Phi) is 6.10. The molecule has 0 aromatic heterocycles. The molecule has 0 rings (SSSR count). The van der Waals surface area contributed by atoms with Crippen molar-refractivity contribution in [2.45, 2.75) is 32.7 Å². The topological polar surface area (TPSA) is 0 Å². The summed E-state index contributed by atoms with van der Waals surface area (Å²) in [4.78, 5) is 0. The van der Waals surface area contributed by atoms with E-state index in [-0.39, 0.29) is 0 Å². The molecule has 49 valence electrons. The van der Waals surface area contributed by atoms with E-state index in [0.29, 0.717) is 0 Å². The molecule has 0 saturated heterocycles. The second-order valence-corrected chi connectivity index (χ2v) is 6.41. The number of rotatable bonds is 4. The van der Waals surface area contributed by atoms with Crippen LogP contribution in [0.1, 0.15) is 26.7 Å². The monoisotopic (exact) mass is 147 g/mol. The zero-order valence-corrected chi connectivity index (χ0v) is 7.77. The fraction of sp³-hybridized carbons (Fsp3) is 0.833.